The van der Waals surface area contributed by atoms with Gasteiger partial charge in [0.1, 0.15) is 0 Å². The highest BCUT2D eigenvalue weighted by molar-refractivity contribution is 5.77. The molecule has 1 saturated heterocycles. The van der Waals surface area contributed by atoms with Crippen LogP contribution >= 0.6 is 0 Å². The molecule has 6 nitrogen and oxygen atoms in total. The second-order valence-corrected chi connectivity index (χ2v) is 6.98. The van der Waals surface area contributed by atoms with E-state index in [9.17, 15) is 5.11 Å². The first-order valence-electron chi connectivity index (χ1n) is 9.61. The number of likely N-dealkylation sites (tertiary alicyclic amines) is 1. The standard InChI is InChI=1S/C21H29N5O/c22-21(24-12-8-19-7-3-4-11-23-19)25-15-17-5-1-2-6-18(17)16-26-13-9-20(27)10-14-26/h1-7,11,20,27H,8-10,12-16H2,(H3,22,24,25). The van der Waals surface area contributed by atoms with Gasteiger partial charge in [-0.15, -0.1) is 0 Å². The van der Waals surface area contributed by atoms with Crippen LogP contribution in [0.25, 0.3) is 0 Å². The molecular weight excluding hydrogens is 338 g/mol. The van der Waals surface area contributed by atoms with Crippen molar-refractivity contribution in [1.29, 1.82) is 0 Å². The number of aliphatic hydroxyl groups is 1. The van der Waals surface area contributed by atoms with E-state index in [4.69, 9.17) is 5.73 Å². The van der Waals surface area contributed by atoms with Crippen molar-refractivity contribution in [2.75, 3.05) is 19.6 Å². The van der Waals surface area contributed by atoms with Crippen LogP contribution in [0.5, 0.6) is 0 Å². The number of hydrogen-bond donors (Lipinski definition) is 3. The summed E-state index contributed by atoms with van der Waals surface area (Å²) in [5.41, 5.74) is 9.52. The molecule has 0 aliphatic carbocycles. The van der Waals surface area contributed by atoms with Crippen LogP contribution in [-0.4, -0.2) is 46.7 Å². The van der Waals surface area contributed by atoms with Crippen LogP contribution < -0.4 is 11.1 Å². The summed E-state index contributed by atoms with van der Waals surface area (Å²) in [5.74, 6) is 0.460. The van der Waals surface area contributed by atoms with E-state index >= 15 is 0 Å². The van der Waals surface area contributed by atoms with Crippen LogP contribution in [0, 0.1) is 0 Å². The molecule has 0 bridgehead atoms. The molecule has 0 radical (unpaired) electrons. The lowest BCUT2D eigenvalue weighted by Crippen LogP contribution is -2.35. The maximum Gasteiger partial charge on any atom is 0.188 e. The molecule has 0 amide bonds. The predicted octanol–water partition coefficient (Wildman–Crippen LogP) is 1.69. The van der Waals surface area contributed by atoms with Gasteiger partial charge >= 0.3 is 0 Å². The molecule has 0 saturated carbocycles. The SMILES string of the molecule is NC(=NCc1ccccc1CN1CCC(O)CC1)NCCc1ccccn1. The lowest BCUT2D eigenvalue weighted by Gasteiger charge is -2.30. The molecule has 27 heavy (non-hydrogen) atoms. The van der Waals surface area contributed by atoms with E-state index in [1.54, 1.807) is 6.20 Å². The Kier molecular flexibility index (Phi) is 7.19. The average Bonchev–Trinajstić information content (AvgIpc) is 2.70. The Morgan fingerprint density at radius 3 is 2.63 bits per heavy atom. The second-order valence-electron chi connectivity index (χ2n) is 6.98. The van der Waals surface area contributed by atoms with Crippen LogP contribution in [0.1, 0.15) is 29.7 Å². The molecule has 1 fully saturated rings. The molecule has 1 aromatic carbocycles. The van der Waals surface area contributed by atoms with Gasteiger partial charge in [0.05, 0.1) is 12.6 Å². The number of nitrogens with two attached hydrogens (primary N) is 1. The third kappa shape index (κ3) is 6.34. The number of benzene rings is 1. The van der Waals surface area contributed by atoms with Crippen molar-refractivity contribution < 1.29 is 5.11 Å². The van der Waals surface area contributed by atoms with E-state index in [0.29, 0.717) is 19.0 Å². The molecule has 6 heteroatoms. The lowest BCUT2D eigenvalue weighted by molar-refractivity contribution is 0.0791. The summed E-state index contributed by atoms with van der Waals surface area (Å²) in [7, 11) is 0. The summed E-state index contributed by atoms with van der Waals surface area (Å²) in [6.45, 7) is 4.05. The number of piperidine rings is 1. The first kappa shape index (κ1) is 19.3. The summed E-state index contributed by atoms with van der Waals surface area (Å²) < 4.78 is 0. The number of aromatic nitrogens is 1. The van der Waals surface area contributed by atoms with Gasteiger partial charge in [0.2, 0.25) is 0 Å². The smallest absolute Gasteiger partial charge is 0.188 e. The van der Waals surface area contributed by atoms with Crippen molar-refractivity contribution in [1.82, 2.24) is 15.2 Å². The topological polar surface area (TPSA) is 86.8 Å². The van der Waals surface area contributed by atoms with Crippen LogP contribution in [-0.2, 0) is 19.5 Å². The Balaban J connectivity index is 1.50. The summed E-state index contributed by atoms with van der Waals surface area (Å²) >= 11 is 0. The van der Waals surface area contributed by atoms with Gasteiger partial charge in [-0.3, -0.25) is 9.88 Å². The first-order chi connectivity index (χ1) is 13.2. The van der Waals surface area contributed by atoms with Gasteiger partial charge < -0.3 is 16.2 Å². The van der Waals surface area contributed by atoms with E-state index in [1.807, 2.05) is 24.3 Å². The van der Waals surface area contributed by atoms with E-state index in [0.717, 1.165) is 44.6 Å². The molecule has 0 spiro atoms. The lowest BCUT2D eigenvalue weighted by atomic mass is 10.0. The zero-order valence-corrected chi connectivity index (χ0v) is 15.7. The highest BCUT2D eigenvalue weighted by Crippen LogP contribution is 2.17. The Morgan fingerprint density at radius 1 is 1.15 bits per heavy atom. The van der Waals surface area contributed by atoms with Gasteiger partial charge in [0.15, 0.2) is 5.96 Å². The molecule has 0 unspecified atom stereocenters. The van der Waals surface area contributed by atoms with Crippen LogP contribution in [0.15, 0.2) is 53.7 Å². The van der Waals surface area contributed by atoms with Crippen molar-refractivity contribution in [3.63, 3.8) is 0 Å². The zero-order chi connectivity index (χ0) is 18.9. The van der Waals surface area contributed by atoms with Gasteiger partial charge in [-0.05, 0) is 36.1 Å². The molecule has 0 atom stereocenters. The van der Waals surface area contributed by atoms with Crippen molar-refractivity contribution in [2.24, 2.45) is 10.7 Å². The zero-order valence-electron chi connectivity index (χ0n) is 15.7. The molecule has 1 aliphatic heterocycles. The molecule has 4 N–H and O–H groups in total. The highest BCUT2D eigenvalue weighted by Gasteiger charge is 2.17. The number of guanidine groups is 1. The Labute approximate surface area is 161 Å². The normalized spacial score (nSPS) is 16.4. The second kappa shape index (κ2) is 10.0. The minimum Gasteiger partial charge on any atom is -0.393 e. The number of pyridine rings is 1. The van der Waals surface area contributed by atoms with E-state index < -0.39 is 0 Å². The molecular formula is C21H29N5O. The van der Waals surface area contributed by atoms with E-state index in [-0.39, 0.29) is 6.10 Å². The minimum atomic E-state index is -0.141. The number of aliphatic imine (C=N–C) groups is 1. The van der Waals surface area contributed by atoms with Crippen LogP contribution in [0.2, 0.25) is 0 Å². The number of aliphatic hydroxyl groups excluding tert-OH is 1. The third-order valence-corrected chi connectivity index (χ3v) is 4.90. The summed E-state index contributed by atoms with van der Waals surface area (Å²) in [5, 5.41) is 12.8. The Morgan fingerprint density at radius 2 is 1.89 bits per heavy atom. The van der Waals surface area contributed by atoms with Crippen molar-refractivity contribution in [3.05, 3.63) is 65.5 Å². The predicted molar refractivity (Wildman–Crippen MR) is 108 cm³/mol. The number of nitrogens with one attached hydrogen (secondary N) is 1. The molecule has 2 aromatic rings. The van der Waals surface area contributed by atoms with E-state index in [1.165, 1.54) is 11.1 Å². The largest absolute Gasteiger partial charge is 0.393 e. The summed E-state index contributed by atoms with van der Waals surface area (Å²) in [6, 6.07) is 14.3. The quantitative estimate of drug-likeness (QED) is 0.512. The number of rotatable bonds is 7. The summed E-state index contributed by atoms with van der Waals surface area (Å²) in [4.78, 5) is 11.2. The monoisotopic (exact) mass is 367 g/mol. The van der Waals surface area contributed by atoms with Gasteiger partial charge in [-0.2, -0.15) is 0 Å². The van der Waals surface area contributed by atoms with Gasteiger partial charge in [0, 0.05) is 44.5 Å². The minimum absolute atomic E-state index is 0.141. The van der Waals surface area contributed by atoms with Gasteiger partial charge in [-0.25, -0.2) is 4.99 Å². The fourth-order valence-corrected chi connectivity index (χ4v) is 3.28. The fraction of sp³-hybridized carbons (Fsp3) is 0.429. The molecule has 3 rings (SSSR count). The molecule has 1 aliphatic rings. The van der Waals surface area contributed by atoms with Crippen molar-refractivity contribution in [3.8, 4) is 0 Å². The number of hydrogen-bond acceptors (Lipinski definition) is 4. The third-order valence-electron chi connectivity index (χ3n) is 4.90. The van der Waals surface area contributed by atoms with Crippen molar-refractivity contribution >= 4 is 5.96 Å². The van der Waals surface area contributed by atoms with E-state index in [2.05, 4.69) is 38.4 Å². The van der Waals surface area contributed by atoms with Crippen LogP contribution in [0.3, 0.4) is 0 Å². The van der Waals surface area contributed by atoms with Crippen molar-refractivity contribution in [2.45, 2.75) is 38.5 Å². The maximum absolute atomic E-state index is 9.67. The maximum atomic E-state index is 9.67. The number of nitrogens with zero attached hydrogens (tertiary/aromatic N) is 3. The Hall–Kier alpha value is -2.44. The fourth-order valence-electron chi connectivity index (χ4n) is 3.28. The van der Waals surface area contributed by atoms with Gasteiger partial charge in [0.25, 0.3) is 0 Å². The average molecular weight is 367 g/mol. The van der Waals surface area contributed by atoms with Crippen LogP contribution in [0.4, 0.5) is 0 Å². The van der Waals surface area contributed by atoms with Gasteiger partial charge in [-0.1, -0.05) is 30.3 Å². The molecule has 144 valence electrons. The Bertz CT molecular complexity index is 726. The summed E-state index contributed by atoms with van der Waals surface area (Å²) in [6.07, 6.45) is 4.18. The molecule has 2 heterocycles. The highest BCUT2D eigenvalue weighted by atomic mass is 16.3. The first-order valence-corrected chi connectivity index (χ1v) is 9.61. The molecule has 1 aromatic heterocycles.